The first-order valence-electron chi connectivity index (χ1n) is 10.4. The smallest absolute Gasteiger partial charge is 0.338 e. The molecule has 1 saturated carbocycles. The summed E-state index contributed by atoms with van der Waals surface area (Å²) in [5, 5.41) is 5.88. The Kier molecular flexibility index (Phi) is 7.48. The third kappa shape index (κ3) is 4.83. The number of urea groups is 1. The summed E-state index contributed by atoms with van der Waals surface area (Å²) in [6, 6.07) is 2.29. The molecule has 1 fully saturated rings. The van der Waals surface area contributed by atoms with Crippen LogP contribution in [0, 0.1) is 5.92 Å². The fourth-order valence-corrected chi connectivity index (χ4v) is 4.41. The van der Waals surface area contributed by atoms with Crippen LogP contribution in [-0.2, 0) is 9.53 Å². The van der Waals surface area contributed by atoms with Gasteiger partial charge in [0.15, 0.2) is 11.5 Å². The van der Waals surface area contributed by atoms with Gasteiger partial charge in [-0.3, -0.25) is 0 Å². The van der Waals surface area contributed by atoms with E-state index in [-0.39, 0.29) is 6.03 Å². The van der Waals surface area contributed by atoms with Crippen LogP contribution < -0.4 is 20.1 Å². The van der Waals surface area contributed by atoms with Gasteiger partial charge < -0.3 is 24.8 Å². The van der Waals surface area contributed by atoms with Crippen molar-refractivity contribution < 1.29 is 23.8 Å². The van der Waals surface area contributed by atoms with Crippen molar-refractivity contribution in [1.82, 2.24) is 10.6 Å². The van der Waals surface area contributed by atoms with E-state index >= 15 is 0 Å². The second-order valence-electron chi connectivity index (χ2n) is 7.62. The van der Waals surface area contributed by atoms with Gasteiger partial charge in [-0.05, 0) is 42.9 Å². The maximum absolute atomic E-state index is 13.1. The topological polar surface area (TPSA) is 85.9 Å². The summed E-state index contributed by atoms with van der Waals surface area (Å²) >= 11 is 6.36. The first-order valence-corrected chi connectivity index (χ1v) is 10.7. The highest BCUT2D eigenvalue weighted by atomic mass is 35.5. The Morgan fingerprint density at radius 2 is 1.90 bits per heavy atom. The van der Waals surface area contributed by atoms with Gasteiger partial charge in [-0.1, -0.05) is 37.8 Å². The molecular weight excluding hydrogens is 408 g/mol. The first kappa shape index (κ1) is 22.3. The Morgan fingerprint density at radius 1 is 1.17 bits per heavy atom. The largest absolute Gasteiger partial charge is 0.493 e. The van der Waals surface area contributed by atoms with Gasteiger partial charge in [-0.2, -0.15) is 0 Å². The van der Waals surface area contributed by atoms with Crippen molar-refractivity contribution in [2.45, 2.75) is 51.5 Å². The molecule has 1 aromatic rings. The molecule has 0 spiro atoms. The summed E-state index contributed by atoms with van der Waals surface area (Å²) in [5.74, 6) is 0.777. The molecule has 2 amide bonds. The molecule has 2 aliphatic rings. The Morgan fingerprint density at radius 3 is 2.53 bits per heavy atom. The standard InChI is InChI=1S/C22H29ClN2O5/c1-4-16-18(21(26)30-12-13-8-6-5-7-9-13)19(25-22(27)24-16)14-10-15(23)20(29-3)17(11-14)28-2/h10-11,13,19H,4-9,12H2,1-3H3,(H2,24,25,27). The van der Waals surface area contributed by atoms with Gasteiger partial charge in [0.2, 0.25) is 0 Å². The predicted molar refractivity (Wildman–Crippen MR) is 114 cm³/mol. The van der Waals surface area contributed by atoms with E-state index in [0.717, 1.165) is 12.8 Å². The van der Waals surface area contributed by atoms with Crippen LogP contribution in [0.3, 0.4) is 0 Å². The maximum Gasteiger partial charge on any atom is 0.338 e. The van der Waals surface area contributed by atoms with E-state index in [9.17, 15) is 9.59 Å². The second-order valence-corrected chi connectivity index (χ2v) is 8.03. The second kappa shape index (κ2) is 10.1. The SMILES string of the molecule is CCC1=C(C(=O)OCC2CCCCC2)C(c2cc(Cl)c(OC)c(OC)c2)NC(=O)N1. The quantitative estimate of drug-likeness (QED) is 0.614. The van der Waals surface area contributed by atoms with Crippen LogP contribution in [0.1, 0.15) is 57.1 Å². The van der Waals surface area contributed by atoms with Crippen LogP contribution in [0.4, 0.5) is 4.79 Å². The number of methoxy groups -OCH3 is 2. The third-order valence-corrected chi connectivity index (χ3v) is 5.97. The number of ether oxygens (including phenoxy) is 3. The summed E-state index contributed by atoms with van der Waals surface area (Å²) in [5.41, 5.74) is 1.54. The Hall–Kier alpha value is -2.41. The van der Waals surface area contributed by atoms with Gasteiger partial charge in [0, 0.05) is 5.70 Å². The number of allylic oxidation sites excluding steroid dienone is 1. The van der Waals surface area contributed by atoms with Gasteiger partial charge >= 0.3 is 12.0 Å². The normalized spacial score (nSPS) is 19.7. The predicted octanol–water partition coefficient (Wildman–Crippen LogP) is 4.50. The van der Waals surface area contributed by atoms with Crippen molar-refractivity contribution in [2.75, 3.05) is 20.8 Å². The molecule has 1 aromatic carbocycles. The molecule has 3 rings (SSSR count). The number of hydrogen-bond acceptors (Lipinski definition) is 5. The van der Waals surface area contributed by atoms with Crippen molar-refractivity contribution in [3.63, 3.8) is 0 Å². The molecule has 164 valence electrons. The summed E-state index contributed by atoms with van der Waals surface area (Å²) < 4.78 is 16.4. The van der Waals surface area contributed by atoms with Crippen molar-refractivity contribution in [2.24, 2.45) is 5.92 Å². The average Bonchev–Trinajstić information content (AvgIpc) is 2.76. The molecule has 0 radical (unpaired) electrons. The van der Waals surface area contributed by atoms with Crippen molar-refractivity contribution in [3.8, 4) is 11.5 Å². The van der Waals surface area contributed by atoms with Gasteiger partial charge in [0.25, 0.3) is 0 Å². The molecule has 0 aromatic heterocycles. The number of amides is 2. The minimum atomic E-state index is -0.704. The number of carbonyl (C=O) groups is 2. The number of rotatable bonds is 7. The number of hydrogen-bond donors (Lipinski definition) is 2. The maximum atomic E-state index is 13.1. The van der Waals surface area contributed by atoms with E-state index in [1.165, 1.54) is 33.5 Å². The summed E-state index contributed by atoms with van der Waals surface area (Å²) in [4.78, 5) is 25.4. The van der Waals surface area contributed by atoms with Crippen LogP contribution in [0.15, 0.2) is 23.4 Å². The van der Waals surface area contributed by atoms with Crippen molar-refractivity contribution in [1.29, 1.82) is 0 Å². The highest BCUT2D eigenvalue weighted by Gasteiger charge is 2.34. The highest BCUT2D eigenvalue weighted by molar-refractivity contribution is 6.32. The lowest BCUT2D eigenvalue weighted by molar-refractivity contribution is -0.141. The first-order chi connectivity index (χ1) is 14.5. The number of nitrogens with one attached hydrogen (secondary N) is 2. The Bertz CT molecular complexity index is 833. The van der Waals surface area contributed by atoms with Gasteiger partial charge in [0.05, 0.1) is 37.5 Å². The van der Waals surface area contributed by atoms with Gasteiger partial charge in [0.1, 0.15) is 0 Å². The van der Waals surface area contributed by atoms with Crippen LogP contribution in [0.2, 0.25) is 5.02 Å². The van der Waals surface area contributed by atoms with E-state index < -0.39 is 12.0 Å². The molecule has 1 atom stereocenters. The van der Waals surface area contributed by atoms with E-state index in [1.807, 2.05) is 6.92 Å². The van der Waals surface area contributed by atoms with Crippen LogP contribution in [0.5, 0.6) is 11.5 Å². The van der Waals surface area contributed by atoms with Crippen molar-refractivity contribution >= 4 is 23.6 Å². The van der Waals surface area contributed by atoms with Crippen molar-refractivity contribution in [3.05, 3.63) is 34.0 Å². The molecule has 1 heterocycles. The van der Waals surface area contributed by atoms with Crippen LogP contribution in [-0.4, -0.2) is 32.8 Å². The van der Waals surface area contributed by atoms with Gasteiger partial charge in [-0.25, -0.2) is 9.59 Å². The zero-order valence-electron chi connectivity index (χ0n) is 17.7. The zero-order chi connectivity index (χ0) is 21.7. The monoisotopic (exact) mass is 436 g/mol. The fraction of sp³-hybridized carbons (Fsp3) is 0.545. The summed E-state index contributed by atoms with van der Waals surface area (Å²) in [6.45, 7) is 2.28. The molecule has 1 aliphatic heterocycles. The number of benzene rings is 1. The molecular formula is C22H29ClN2O5. The lowest BCUT2D eigenvalue weighted by Gasteiger charge is -2.30. The third-order valence-electron chi connectivity index (χ3n) is 5.69. The molecule has 0 bridgehead atoms. The summed E-state index contributed by atoms with van der Waals surface area (Å²) in [7, 11) is 3.00. The summed E-state index contributed by atoms with van der Waals surface area (Å²) in [6.07, 6.45) is 6.24. The molecule has 8 heteroatoms. The molecule has 0 saturated heterocycles. The molecule has 30 heavy (non-hydrogen) atoms. The minimum absolute atomic E-state index is 0.326. The van der Waals surface area contributed by atoms with E-state index in [4.69, 9.17) is 25.8 Å². The molecule has 7 nitrogen and oxygen atoms in total. The number of halogens is 1. The van der Waals surface area contributed by atoms with Crippen LogP contribution >= 0.6 is 11.6 Å². The minimum Gasteiger partial charge on any atom is -0.493 e. The van der Waals surface area contributed by atoms with Gasteiger partial charge in [-0.15, -0.1) is 0 Å². The molecule has 2 N–H and O–H groups in total. The average molecular weight is 437 g/mol. The highest BCUT2D eigenvalue weighted by Crippen LogP contribution is 2.40. The van der Waals surface area contributed by atoms with E-state index in [1.54, 1.807) is 12.1 Å². The molecule has 1 unspecified atom stereocenters. The van der Waals surface area contributed by atoms with Crippen LogP contribution in [0.25, 0.3) is 0 Å². The lowest BCUT2D eigenvalue weighted by atomic mass is 9.90. The Balaban J connectivity index is 1.92. The Labute approximate surface area is 182 Å². The number of esters is 1. The molecule has 1 aliphatic carbocycles. The number of carbonyl (C=O) groups excluding carboxylic acids is 2. The van der Waals surface area contributed by atoms with E-state index in [0.29, 0.717) is 52.3 Å². The lowest BCUT2D eigenvalue weighted by Crippen LogP contribution is -2.46. The van der Waals surface area contributed by atoms with E-state index in [2.05, 4.69) is 10.6 Å². The zero-order valence-corrected chi connectivity index (χ0v) is 18.4. The fourth-order valence-electron chi connectivity index (χ4n) is 4.12.